The summed E-state index contributed by atoms with van der Waals surface area (Å²) in [5.74, 6) is 6.71. The number of anilines is 2. The van der Waals surface area contributed by atoms with E-state index in [9.17, 15) is 4.79 Å². The topological polar surface area (TPSA) is 136 Å². The van der Waals surface area contributed by atoms with Crippen LogP contribution in [0.1, 0.15) is 11.1 Å². The van der Waals surface area contributed by atoms with Gasteiger partial charge in [0, 0.05) is 15.2 Å². The van der Waals surface area contributed by atoms with E-state index in [1.54, 1.807) is 6.21 Å². The number of carbonyl (C=O) groups excluding carboxylic acids is 1. The third-order valence-corrected chi connectivity index (χ3v) is 8.01. The second-order valence-corrected chi connectivity index (χ2v) is 11.2. The Labute approximate surface area is 226 Å². The van der Waals surface area contributed by atoms with Crippen LogP contribution in [0.2, 0.25) is 5.02 Å². The zero-order chi connectivity index (χ0) is 24.6. The van der Waals surface area contributed by atoms with Gasteiger partial charge in [-0.25, -0.2) is 10.1 Å². The molecule has 180 valence electrons. The third kappa shape index (κ3) is 7.41. The van der Waals surface area contributed by atoms with E-state index in [2.05, 4.69) is 52.2 Å². The molecule has 0 aliphatic rings. The molecule has 0 saturated heterocycles. The Morgan fingerprint density at radius 1 is 1.17 bits per heavy atom. The number of amides is 1. The molecule has 4 rings (SSSR count). The summed E-state index contributed by atoms with van der Waals surface area (Å²) < 4.78 is 2.90. The van der Waals surface area contributed by atoms with Gasteiger partial charge >= 0.3 is 0 Å². The summed E-state index contributed by atoms with van der Waals surface area (Å²) in [5, 5.41) is 24.4. The SMILES string of the molecule is Nn1c(N/N=C/c2cccc(Br)c2)nnc1SCC(=O)Nc1nnc(SCc2ccccc2Cl)s1. The van der Waals surface area contributed by atoms with E-state index in [1.807, 2.05) is 48.5 Å². The van der Waals surface area contributed by atoms with Crippen LogP contribution in [0.3, 0.4) is 0 Å². The lowest BCUT2D eigenvalue weighted by Gasteiger charge is -2.03. The first-order valence-electron chi connectivity index (χ1n) is 9.85. The van der Waals surface area contributed by atoms with Crippen molar-refractivity contribution in [1.29, 1.82) is 0 Å². The molecule has 0 spiro atoms. The zero-order valence-corrected chi connectivity index (χ0v) is 22.6. The second-order valence-electron chi connectivity index (χ2n) is 6.69. The maximum absolute atomic E-state index is 12.3. The number of halogens is 2. The summed E-state index contributed by atoms with van der Waals surface area (Å²) in [6.45, 7) is 0. The van der Waals surface area contributed by atoms with Gasteiger partial charge in [0.25, 0.3) is 5.95 Å². The molecule has 0 unspecified atom stereocenters. The lowest BCUT2D eigenvalue weighted by Crippen LogP contribution is -2.16. The quantitative estimate of drug-likeness (QED) is 0.0765. The van der Waals surface area contributed by atoms with E-state index in [1.165, 1.54) is 27.8 Å². The number of hydrazone groups is 1. The summed E-state index contributed by atoms with van der Waals surface area (Å²) in [7, 11) is 0. The Balaban J connectivity index is 1.24. The number of nitrogens with two attached hydrogens (primary N) is 1. The van der Waals surface area contributed by atoms with E-state index >= 15 is 0 Å². The van der Waals surface area contributed by atoms with Crippen molar-refractivity contribution >= 4 is 85.6 Å². The van der Waals surface area contributed by atoms with Gasteiger partial charge in [-0.2, -0.15) is 5.10 Å². The number of nitrogens with zero attached hydrogens (tertiary/aromatic N) is 6. The van der Waals surface area contributed by atoms with Gasteiger partial charge in [-0.05, 0) is 29.3 Å². The maximum atomic E-state index is 12.3. The van der Waals surface area contributed by atoms with E-state index in [4.69, 9.17) is 17.4 Å². The Morgan fingerprint density at radius 3 is 2.86 bits per heavy atom. The van der Waals surface area contributed by atoms with Gasteiger partial charge in [0.15, 0.2) is 4.34 Å². The number of benzene rings is 2. The normalized spacial score (nSPS) is 11.1. The minimum atomic E-state index is -0.265. The molecule has 0 radical (unpaired) electrons. The minimum absolute atomic E-state index is 0.0678. The van der Waals surface area contributed by atoms with E-state index < -0.39 is 0 Å². The van der Waals surface area contributed by atoms with Crippen molar-refractivity contribution in [1.82, 2.24) is 25.1 Å². The fourth-order valence-electron chi connectivity index (χ4n) is 2.56. The average molecular weight is 611 g/mol. The number of hydrogen-bond donors (Lipinski definition) is 3. The number of thioether (sulfide) groups is 2. The van der Waals surface area contributed by atoms with E-state index in [0.717, 1.165) is 31.7 Å². The van der Waals surface area contributed by atoms with E-state index in [-0.39, 0.29) is 17.6 Å². The lowest BCUT2D eigenvalue weighted by molar-refractivity contribution is -0.113. The van der Waals surface area contributed by atoms with Crippen LogP contribution in [-0.2, 0) is 10.5 Å². The number of hydrogen-bond acceptors (Lipinski definition) is 11. The molecule has 10 nitrogen and oxygen atoms in total. The van der Waals surface area contributed by atoms with Crippen LogP contribution in [0, 0.1) is 0 Å². The van der Waals surface area contributed by atoms with Crippen molar-refractivity contribution in [3.8, 4) is 0 Å². The maximum Gasteiger partial charge on any atom is 0.264 e. The molecule has 1 amide bonds. The molecule has 35 heavy (non-hydrogen) atoms. The van der Waals surface area contributed by atoms with Crippen LogP contribution < -0.4 is 16.6 Å². The van der Waals surface area contributed by atoms with Crippen molar-refractivity contribution in [2.45, 2.75) is 15.2 Å². The average Bonchev–Trinajstić information content (AvgIpc) is 3.43. The van der Waals surface area contributed by atoms with Gasteiger partial charge in [-0.1, -0.05) is 92.7 Å². The first kappa shape index (κ1) is 25.4. The molecule has 2 aromatic carbocycles. The number of nitrogens with one attached hydrogen (secondary N) is 2. The van der Waals surface area contributed by atoms with Gasteiger partial charge in [-0.3, -0.25) is 10.1 Å². The van der Waals surface area contributed by atoms with Crippen molar-refractivity contribution in [3.63, 3.8) is 0 Å². The molecular weight excluding hydrogens is 594 g/mol. The van der Waals surface area contributed by atoms with Crippen LogP contribution >= 0.6 is 62.4 Å². The molecular formula is C20H17BrClN9OS3. The summed E-state index contributed by atoms with van der Waals surface area (Å²) in [5.41, 5.74) is 4.64. The summed E-state index contributed by atoms with van der Waals surface area (Å²) in [4.78, 5) is 12.3. The molecule has 0 aliphatic carbocycles. The molecule has 4 N–H and O–H groups in total. The van der Waals surface area contributed by atoms with Gasteiger partial charge in [0.2, 0.25) is 16.2 Å². The van der Waals surface area contributed by atoms with Crippen molar-refractivity contribution < 1.29 is 4.79 Å². The molecule has 0 fully saturated rings. The highest BCUT2D eigenvalue weighted by atomic mass is 79.9. The fraction of sp³-hybridized carbons (Fsp3) is 0.100. The van der Waals surface area contributed by atoms with Crippen LogP contribution in [0.25, 0.3) is 0 Å². The first-order valence-corrected chi connectivity index (χ1v) is 13.8. The summed E-state index contributed by atoms with van der Waals surface area (Å²) >= 11 is 13.5. The van der Waals surface area contributed by atoms with Gasteiger partial charge < -0.3 is 5.84 Å². The molecule has 0 saturated carbocycles. The number of carbonyl (C=O) groups is 1. The first-order chi connectivity index (χ1) is 17.0. The standard InChI is InChI=1S/C20H17BrClN9OS3/c21-14-6-3-4-12(8-14)9-24-26-17-27-29-19(31(17)23)33-11-16(32)25-18-28-30-20(35-18)34-10-13-5-1-2-7-15(13)22/h1-9H,10-11,23H2,(H,26,27)(H,25,28,32)/b24-9+. The van der Waals surface area contributed by atoms with Crippen molar-refractivity contribution in [3.05, 3.63) is 69.2 Å². The molecule has 15 heteroatoms. The van der Waals surface area contributed by atoms with Crippen molar-refractivity contribution in [2.75, 3.05) is 22.3 Å². The Bertz CT molecular complexity index is 1350. The molecule has 4 aromatic rings. The van der Waals surface area contributed by atoms with Crippen molar-refractivity contribution in [2.24, 2.45) is 5.10 Å². The zero-order valence-electron chi connectivity index (χ0n) is 17.8. The van der Waals surface area contributed by atoms with Gasteiger partial charge in [0.1, 0.15) is 0 Å². The number of nitrogen functional groups attached to an aromatic ring is 1. The lowest BCUT2D eigenvalue weighted by atomic mass is 10.2. The third-order valence-electron chi connectivity index (χ3n) is 4.19. The van der Waals surface area contributed by atoms with Gasteiger partial charge in [-0.15, -0.1) is 20.4 Å². The summed E-state index contributed by atoms with van der Waals surface area (Å²) in [6, 6.07) is 15.3. The molecule has 2 heterocycles. The monoisotopic (exact) mass is 609 g/mol. The highest BCUT2D eigenvalue weighted by Gasteiger charge is 2.14. The smallest absolute Gasteiger partial charge is 0.264 e. The van der Waals surface area contributed by atoms with Crippen LogP contribution in [0.15, 0.2) is 67.6 Å². The number of rotatable bonds is 10. The van der Waals surface area contributed by atoms with Crippen LogP contribution in [0.5, 0.6) is 0 Å². The summed E-state index contributed by atoms with van der Waals surface area (Å²) in [6.07, 6.45) is 1.63. The minimum Gasteiger partial charge on any atom is -0.334 e. The number of aromatic nitrogens is 5. The van der Waals surface area contributed by atoms with Crippen LogP contribution in [-0.4, -0.2) is 42.9 Å². The molecule has 0 atom stereocenters. The highest BCUT2D eigenvalue weighted by Crippen LogP contribution is 2.30. The second kappa shape index (κ2) is 12.4. The Hall–Kier alpha value is -2.65. The predicted molar refractivity (Wildman–Crippen MR) is 146 cm³/mol. The van der Waals surface area contributed by atoms with Gasteiger partial charge in [0.05, 0.1) is 12.0 Å². The fourth-order valence-corrected chi connectivity index (χ4v) is 5.69. The van der Waals surface area contributed by atoms with E-state index in [0.29, 0.717) is 21.1 Å². The Morgan fingerprint density at radius 2 is 2.03 bits per heavy atom. The highest BCUT2D eigenvalue weighted by molar-refractivity contribution is 9.10. The molecule has 0 bridgehead atoms. The molecule has 0 aliphatic heterocycles. The Kier molecular flexibility index (Phi) is 8.98. The largest absolute Gasteiger partial charge is 0.334 e. The predicted octanol–water partition coefficient (Wildman–Crippen LogP) is 4.73. The van der Waals surface area contributed by atoms with Crippen LogP contribution in [0.4, 0.5) is 11.1 Å². The molecule has 2 aromatic heterocycles.